The first-order chi connectivity index (χ1) is 12.4. The number of pyridine rings is 1. The van der Waals surface area contributed by atoms with E-state index >= 15 is 0 Å². The van der Waals surface area contributed by atoms with Crippen LogP contribution in [0.5, 0.6) is 0 Å². The topological polar surface area (TPSA) is 25.8 Å². The molecule has 7 heteroatoms. The third kappa shape index (κ3) is 3.18. The molecule has 2 nitrogen and oxygen atoms in total. The molecule has 0 bridgehead atoms. The minimum Gasteiger partial charge on any atom is -0.256 e. The third-order valence-corrected chi connectivity index (χ3v) is 5.16. The maximum Gasteiger partial charge on any atom is 0.416 e. The van der Waals surface area contributed by atoms with Crippen LogP contribution < -0.4 is 0 Å². The summed E-state index contributed by atoms with van der Waals surface area (Å²) in [5, 5.41) is 1.37. The molecule has 0 atom stereocenters. The maximum atomic E-state index is 12.8. The molecule has 0 aliphatic carbocycles. The first kappa shape index (κ1) is 17.0. The van der Waals surface area contributed by atoms with Gasteiger partial charge in [0.15, 0.2) is 0 Å². The summed E-state index contributed by atoms with van der Waals surface area (Å²) < 4.78 is 39.3. The lowest BCUT2D eigenvalue weighted by Crippen LogP contribution is -2.04. The van der Waals surface area contributed by atoms with E-state index < -0.39 is 11.7 Å². The lowest BCUT2D eigenvalue weighted by molar-refractivity contribution is -0.137. The van der Waals surface area contributed by atoms with Gasteiger partial charge in [0, 0.05) is 22.3 Å². The minimum atomic E-state index is -4.36. The van der Waals surface area contributed by atoms with E-state index in [1.807, 2.05) is 18.2 Å². The Morgan fingerprint density at radius 2 is 1.73 bits per heavy atom. The SMILES string of the molecule is FC(F)(F)c1ccc(-c2ncccc2-c2nc3ccc(Cl)cc3s2)cc1. The smallest absolute Gasteiger partial charge is 0.256 e. The van der Waals surface area contributed by atoms with Gasteiger partial charge in [0.1, 0.15) is 5.01 Å². The van der Waals surface area contributed by atoms with Gasteiger partial charge >= 0.3 is 6.18 Å². The van der Waals surface area contributed by atoms with Gasteiger partial charge in [-0.05, 0) is 42.5 Å². The number of alkyl halides is 3. The molecule has 130 valence electrons. The van der Waals surface area contributed by atoms with E-state index in [0.717, 1.165) is 32.9 Å². The van der Waals surface area contributed by atoms with E-state index in [4.69, 9.17) is 11.6 Å². The summed E-state index contributed by atoms with van der Waals surface area (Å²) in [5.41, 5.74) is 2.09. The maximum absolute atomic E-state index is 12.8. The van der Waals surface area contributed by atoms with Crippen LogP contribution >= 0.6 is 22.9 Å². The zero-order valence-electron chi connectivity index (χ0n) is 13.1. The van der Waals surface area contributed by atoms with Gasteiger partial charge in [-0.3, -0.25) is 4.98 Å². The molecule has 0 spiro atoms. The van der Waals surface area contributed by atoms with Crippen molar-refractivity contribution in [1.82, 2.24) is 9.97 Å². The van der Waals surface area contributed by atoms with E-state index in [2.05, 4.69) is 9.97 Å². The summed E-state index contributed by atoms with van der Waals surface area (Å²) in [4.78, 5) is 8.97. The number of hydrogen-bond acceptors (Lipinski definition) is 3. The zero-order valence-corrected chi connectivity index (χ0v) is 14.7. The van der Waals surface area contributed by atoms with E-state index in [0.29, 0.717) is 16.3 Å². The van der Waals surface area contributed by atoms with Crippen molar-refractivity contribution in [3.63, 3.8) is 0 Å². The quantitative estimate of drug-likeness (QED) is 0.380. The molecule has 0 aliphatic rings. The second-order valence-corrected chi connectivity index (χ2v) is 7.07. The fraction of sp³-hybridized carbons (Fsp3) is 0.0526. The number of thiazole rings is 1. The summed E-state index contributed by atoms with van der Waals surface area (Å²) in [6.45, 7) is 0. The number of rotatable bonds is 2. The largest absolute Gasteiger partial charge is 0.416 e. The predicted molar refractivity (Wildman–Crippen MR) is 98.3 cm³/mol. The molecule has 0 unspecified atom stereocenters. The Labute approximate surface area is 155 Å². The van der Waals surface area contributed by atoms with Crippen LogP contribution in [0.25, 0.3) is 32.0 Å². The molecule has 0 saturated heterocycles. The highest BCUT2D eigenvalue weighted by Gasteiger charge is 2.30. The van der Waals surface area contributed by atoms with Gasteiger partial charge in [-0.1, -0.05) is 23.7 Å². The van der Waals surface area contributed by atoms with Gasteiger partial charge in [-0.2, -0.15) is 13.2 Å². The highest BCUT2D eigenvalue weighted by Crippen LogP contribution is 2.37. The second-order valence-electron chi connectivity index (χ2n) is 5.61. The fourth-order valence-electron chi connectivity index (χ4n) is 2.64. The molecule has 0 amide bonds. The van der Waals surface area contributed by atoms with Crippen molar-refractivity contribution in [2.45, 2.75) is 6.18 Å². The van der Waals surface area contributed by atoms with Crippen molar-refractivity contribution in [1.29, 1.82) is 0 Å². The van der Waals surface area contributed by atoms with Gasteiger partial charge in [0.05, 0.1) is 21.5 Å². The Hall–Kier alpha value is -2.44. The monoisotopic (exact) mass is 390 g/mol. The van der Waals surface area contributed by atoms with Gasteiger partial charge < -0.3 is 0 Å². The Morgan fingerprint density at radius 3 is 2.46 bits per heavy atom. The van der Waals surface area contributed by atoms with Gasteiger partial charge in [-0.15, -0.1) is 11.3 Å². The van der Waals surface area contributed by atoms with Crippen LogP contribution in [0.1, 0.15) is 5.56 Å². The molecule has 0 N–H and O–H groups in total. The Kier molecular flexibility index (Phi) is 4.17. The highest BCUT2D eigenvalue weighted by molar-refractivity contribution is 7.21. The molecule has 0 saturated carbocycles. The summed E-state index contributed by atoms with van der Waals surface area (Å²) in [5.74, 6) is 0. The summed E-state index contributed by atoms with van der Waals surface area (Å²) >= 11 is 7.49. The van der Waals surface area contributed by atoms with Crippen LogP contribution in [0.2, 0.25) is 5.02 Å². The average Bonchev–Trinajstić information content (AvgIpc) is 3.04. The molecular weight excluding hydrogens is 381 g/mol. The molecule has 2 aromatic carbocycles. The normalized spacial score (nSPS) is 11.8. The Bertz CT molecular complexity index is 1090. The molecule has 0 radical (unpaired) electrons. The molecule has 0 aliphatic heterocycles. The first-order valence-corrected chi connectivity index (χ1v) is 8.80. The van der Waals surface area contributed by atoms with Crippen molar-refractivity contribution < 1.29 is 13.2 Å². The van der Waals surface area contributed by atoms with E-state index in [9.17, 15) is 13.2 Å². The minimum absolute atomic E-state index is 0.589. The number of hydrogen-bond donors (Lipinski definition) is 0. The molecule has 0 fully saturated rings. The first-order valence-electron chi connectivity index (χ1n) is 7.61. The van der Waals surface area contributed by atoms with Crippen LogP contribution in [0.3, 0.4) is 0 Å². The molecule has 2 heterocycles. The summed E-state index contributed by atoms with van der Waals surface area (Å²) in [7, 11) is 0. The molecule has 4 rings (SSSR count). The summed E-state index contributed by atoms with van der Waals surface area (Å²) in [6.07, 6.45) is -2.75. The predicted octanol–water partition coefficient (Wildman–Crippen LogP) is 6.70. The van der Waals surface area contributed by atoms with E-state index in [1.54, 1.807) is 18.3 Å². The fourth-order valence-corrected chi connectivity index (χ4v) is 3.91. The zero-order chi connectivity index (χ0) is 18.3. The lowest BCUT2D eigenvalue weighted by atomic mass is 10.0. The van der Waals surface area contributed by atoms with E-state index in [-0.39, 0.29) is 0 Å². The number of halogens is 4. The third-order valence-electron chi connectivity index (χ3n) is 3.87. The molecule has 2 aromatic heterocycles. The van der Waals surface area contributed by atoms with E-state index in [1.165, 1.54) is 23.5 Å². The van der Waals surface area contributed by atoms with Crippen molar-refractivity contribution in [2.24, 2.45) is 0 Å². The van der Waals surface area contributed by atoms with Gasteiger partial charge in [-0.25, -0.2) is 4.98 Å². The number of nitrogens with zero attached hydrogens (tertiary/aromatic N) is 2. The van der Waals surface area contributed by atoms with Crippen LogP contribution in [-0.4, -0.2) is 9.97 Å². The summed E-state index contributed by atoms with van der Waals surface area (Å²) in [6, 6.07) is 14.1. The second kappa shape index (κ2) is 6.37. The molecular formula is C19H10ClF3N2S. The average molecular weight is 391 g/mol. The molecule has 4 aromatic rings. The van der Waals surface area contributed by atoms with Crippen LogP contribution in [0.15, 0.2) is 60.8 Å². The van der Waals surface area contributed by atoms with Crippen LogP contribution in [-0.2, 0) is 6.18 Å². The van der Waals surface area contributed by atoms with Crippen LogP contribution in [0, 0.1) is 0 Å². The van der Waals surface area contributed by atoms with Crippen molar-refractivity contribution in [2.75, 3.05) is 0 Å². The van der Waals surface area contributed by atoms with Crippen molar-refractivity contribution in [3.05, 3.63) is 71.4 Å². The van der Waals surface area contributed by atoms with Gasteiger partial charge in [0.25, 0.3) is 0 Å². The Morgan fingerprint density at radius 1 is 0.962 bits per heavy atom. The van der Waals surface area contributed by atoms with Gasteiger partial charge in [0.2, 0.25) is 0 Å². The lowest BCUT2D eigenvalue weighted by Gasteiger charge is -2.09. The highest BCUT2D eigenvalue weighted by atomic mass is 35.5. The number of benzene rings is 2. The standard InChI is InChI=1S/C19H10ClF3N2S/c20-13-7-8-15-16(10-13)26-18(25-15)14-2-1-9-24-17(14)11-3-5-12(6-4-11)19(21,22)23/h1-10H. The molecule has 26 heavy (non-hydrogen) atoms. The number of aromatic nitrogens is 2. The number of fused-ring (bicyclic) bond motifs is 1. The van der Waals surface area contributed by atoms with Crippen molar-refractivity contribution >= 4 is 33.2 Å². The van der Waals surface area contributed by atoms with Crippen molar-refractivity contribution in [3.8, 4) is 21.8 Å². The van der Waals surface area contributed by atoms with Crippen LogP contribution in [0.4, 0.5) is 13.2 Å². The Balaban J connectivity index is 1.81.